The highest BCUT2D eigenvalue weighted by Gasteiger charge is 2.50. The Hall–Kier alpha value is -3.08. The zero-order chi connectivity index (χ0) is 27.3. The predicted molar refractivity (Wildman–Crippen MR) is 104 cm³/mol. The number of sulfone groups is 1. The molecular formula is C19H14F9N3O4S. The lowest BCUT2D eigenvalue weighted by molar-refractivity contribution is -0.411. The van der Waals surface area contributed by atoms with E-state index in [0.717, 1.165) is 10.6 Å². The van der Waals surface area contributed by atoms with Crippen LogP contribution in [0.25, 0.3) is 22.6 Å². The molecule has 0 aliphatic heterocycles. The van der Waals surface area contributed by atoms with E-state index in [1.165, 1.54) is 14.0 Å². The second-order valence-corrected chi connectivity index (χ2v) is 9.41. The minimum atomic E-state index is -5.76. The minimum Gasteiger partial charge on any atom is -0.428 e. The fraction of sp³-hybridized carbons (Fsp3) is 0.368. The van der Waals surface area contributed by atoms with E-state index in [-0.39, 0.29) is 22.6 Å². The molecule has 1 atom stereocenters. The van der Waals surface area contributed by atoms with Crippen molar-refractivity contribution in [3.63, 3.8) is 0 Å². The number of rotatable bonds is 7. The summed E-state index contributed by atoms with van der Waals surface area (Å²) in [7, 11) is -2.97. The van der Waals surface area contributed by atoms with Crippen LogP contribution in [0.15, 0.2) is 35.4 Å². The summed E-state index contributed by atoms with van der Waals surface area (Å²) >= 11 is 0. The summed E-state index contributed by atoms with van der Waals surface area (Å²) in [5.41, 5.74) is -1.74. The second kappa shape index (κ2) is 9.10. The standard InChI is InChI=1S/C19H14F9N3O4S/c1-3-36(32,33)13-7-10(34-18(24,25)16(20)35-19(26,27)28)4-5-11(13)14-30-12-6-9(17(21,22)23)8-29-15(12)31(14)2/h4-8,16H,3H2,1-2H3. The molecule has 0 aliphatic rings. The smallest absolute Gasteiger partial charge is 0.428 e. The number of hydrogen-bond donors (Lipinski definition) is 0. The van der Waals surface area contributed by atoms with Crippen LogP contribution in [-0.2, 0) is 27.8 Å². The van der Waals surface area contributed by atoms with Gasteiger partial charge >= 0.3 is 25.0 Å². The number of hydrogen-bond acceptors (Lipinski definition) is 6. The van der Waals surface area contributed by atoms with Crippen molar-refractivity contribution in [2.45, 2.75) is 36.8 Å². The Morgan fingerprint density at radius 2 is 1.69 bits per heavy atom. The molecular weight excluding hydrogens is 537 g/mol. The average molecular weight is 551 g/mol. The van der Waals surface area contributed by atoms with Crippen molar-refractivity contribution < 1.29 is 57.4 Å². The summed E-state index contributed by atoms with van der Waals surface area (Å²) in [4.78, 5) is 6.95. The molecule has 2 aromatic heterocycles. The molecule has 0 bridgehead atoms. The molecule has 0 amide bonds. The summed E-state index contributed by atoms with van der Waals surface area (Å²) in [5, 5.41) is 0. The van der Waals surface area contributed by atoms with Gasteiger partial charge < -0.3 is 9.30 Å². The monoisotopic (exact) mass is 551 g/mol. The van der Waals surface area contributed by atoms with E-state index in [1.807, 2.05) is 0 Å². The maximum atomic E-state index is 13.8. The Kier molecular flexibility index (Phi) is 6.95. The molecule has 0 aliphatic carbocycles. The molecule has 0 spiro atoms. The molecule has 7 nitrogen and oxygen atoms in total. The first-order valence-electron chi connectivity index (χ1n) is 9.58. The largest absolute Gasteiger partial charge is 0.525 e. The van der Waals surface area contributed by atoms with Gasteiger partial charge in [0.2, 0.25) is 0 Å². The third-order valence-corrected chi connectivity index (χ3v) is 6.47. The van der Waals surface area contributed by atoms with E-state index >= 15 is 0 Å². The SMILES string of the molecule is CCS(=O)(=O)c1cc(OC(F)(F)C(F)OC(F)(F)F)ccc1-c1nc2cc(C(F)(F)F)cnc2n1C. The van der Waals surface area contributed by atoms with E-state index in [9.17, 15) is 47.9 Å². The van der Waals surface area contributed by atoms with Crippen molar-refractivity contribution >= 4 is 21.0 Å². The molecule has 36 heavy (non-hydrogen) atoms. The van der Waals surface area contributed by atoms with Gasteiger partial charge in [-0.2, -0.15) is 22.0 Å². The van der Waals surface area contributed by atoms with Gasteiger partial charge in [0.05, 0.1) is 16.2 Å². The molecule has 1 aromatic carbocycles. The molecule has 1 unspecified atom stereocenters. The van der Waals surface area contributed by atoms with Gasteiger partial charge in [-0.25, -0.2) is 27.5 Å². The fourth-order valence-corrected chi connectivity index (χ4v) is 4.13. The summed E-state index contributed by atoms with van der Waals surface area (Å²) in [6.45, 7) is 1.18. The number of halogens is 9. The zero-order valence-electron chi connectivity index (χ0n) is 18.0. The van der Waals surface area contributed by atoms with Gasteiger partial charge in [0.25, 0.3) is 0 Å². The van der Waals surface area contributed by atoms with E-state index < -0.39 is 56.8 Å². The van der Waals surface area contributed by atoms with Gasteiger partial charge in [-0.1, -0.05) is 6.92 Å². The molecule has 0 saturated heterocycles. The first-order valence-corrected chi connectivity index (χ1v) is 11.2. The maximum Gasteiger partial charge on any atom is 0.525 e. The average Bonchev–Trinajstić information content (AvgIpc) is 3.07. The molecule has 2 heterocycles. The molecule has 0 N–H and O–H groups in total. The van der Waals surface area contributed by atoms with Gasteiger partial charge in [-0.3, -0.25) is 0 Å². The van der Waals surface area contributed by atoms with Crippen LogP contribution in [0.1, 0.15) is 12.5 Å². The Bertz CT molecular complexity index is 1390. The van der Waals surface area contributed by atoms with E-state index in [1.54, 1.807) is 0 Å². The normalized spacial score (nSPS) is 14.3. The minimum absolute atomic E-state index is 0.0747. The lowest BCUT2D eigenvalue weighted by atomic mass is 10.2. The molecule has 3 rings (SSSR count). The van der Waals surface area contributed by atoms with E-state index in [4.69, 9.17) is 0 Å². The van der Waals surface area contributed by atoms with Crippen LogP contribution in [0.4, 0.5) is 39.5 Å². The second-order valence-electron chi connectivity index (χ2n) is 7.16. The third-order valence-electron chi connectivity index (χ3n) is 4.70. The van der Waals surface area contributed by atoms with Crippen molar-refractivity contribution in [1.29, 1.82) is 0 Å². The predicted octanol–water partition coefficient (Wildman–Crippen LogP) is 5.25. The highest BCUT2D eigenvalue weighted by Crippen LogP contribution is 2.37. The lowest BCUT2D eigenvalue weighted by Gasteiger charge is -2.22. The van der Waals surface area contributed by atoms with Crippen LogP contribution in [0, 0.1) is 0 Å². The molecule has 0 radical (unpaired) electrons. The van der Waals surface area contributed by atoms with Crippen LogP contribution in [0.5, 0.6) is 5.75 Å². The van der Waals surface area contributed by atoms with Crippen molar-refractivity contribution in [3.8, 4) is 17.1 Å². The van der Waals surface area contributed by atoms with Crippen molar-refractivity contribution in [2.75, 3.05) is 5.75 Å². The number of pyridine rings is 1. The molecule has 3 aromatic rings. The van der Waals surface area contributed by atoms with E-state index in [2.05, 4.69) is 19.4 Å². The van der Waals surface area contributed by atoms with Crippen LogP contribution in [0.3, 0.4) is 0 Å². The summed E-state index contributed by atoms with van der Waals surface area (Å²) in [6.07, 6.45) is -19.4. The molecule has 0 saturated carbocycles. The van der Waals surface area contributed by atoms with Crippen molar-refractivity contribution in [2.24, 2.45) is 7.05 Å². The molecule has 198 valence electrons. The quantitative estimate of drug-likeness (QED) is 0.373. The summed E-state index contributed by atoms with van der Waals surface area (Å²) in [5.74, 6) is -1.87. The van der Waals surface area contributed by atoms with Crippen molar-refractivity contribution in [3.05, 3.63) is 36.0 Å². The van der Waals surface area contributed by atoms with Crippen molar-refractivity contribution in [1.82, 2.24) is 14.5 Å². The zero-order valence-corrected chi connectivity index (χ0v) is 18.8. The number of alkyl halides is 9. The van der Waals surface area contributed by atoms with Gasteiger partial charge in [0.15, 0.2) is 15.5 Å². The number of aryl methyl sites for hydroxylation is 1. The number of benzene rings is 1. The summed E-state index contributed by atoms with van der Waals surface area (Å²) < 4.78 is 149. The van der Waals surface area contributed by atoms with E-state index in [0.29, 0.717) is 24.4 Å². The highest BCUT2D eigenvalue weighted by atomic mass is 32.2. The first kappa shape index (κ1) is 27.5. The topological polar surface area (TPSA) is 83.3 Å². The number of fused-ring (bicyclic) bond motifs is 1. The van der Waals surface area contributed by atoms with Gasteiger partial charge in [0, 0.05) is 18.8 Å². The number of nitrogens with zero attached hydrogens (tertiary/aromatic N) is 3. The van der Waals surface area contributed by atoms with Gasteiger partial charge in [-0.15, -0.1) is 13.2 Å². The number of imidazole rings is 1. The van der Waals surface area contributed by atoms with Gasteiger partial charge in [-0.05, 0) is 24.3 Å². The van der Waals surface area contributed by atoms with Crippen LogP contribution >= 0.6 is 0 Å². The lowest BCUT2D eigenvalue weighted by Crippen LogP contribution is -2.41. The Balaban J connectivity index is 2.11. The Morgan fingerprint density at radius 1 is 1.06 bits per heavy atom. The van der Waals surface area contributed by atoms with Crippen LogP contribution < -0.4 is 4.74 Å². The Morgan fingerprint density at radius 3 is 2.25 bits per heavy atom. The van der Waals surface area contributed by atoms with Crippen LogP contribution in [0.2, 0.25) is 0 Å². The molecule has 0 fully saturated rings. The van der Waals surface area contributed by atoms with Crippen LogP contribution in [-0.4, -0.2) is 47.5 Å². The third kappa shape index (κ3) is 5.66. The van der Waals surface area contributed by atoms with Gasteiger partial charge in [0.1, 0.15) is 17.1 Å². The number of ether oxygens (including phenoxy) is 2. The molecule has 17 heteroatoms. The Labute approximate surface area is 196 Å². The summed E-state index contributed by atoms with van der Waals surface area (Å²) in [6, 6.07) is 2.72. The highest BCUT2D eigenvalue weighted by molar-refractivity contribution is 7.91. The fourth-order valence-electron chi connectivity index (χ4n) is 3.03. The first-order chi connectivity index (χ1) is 16.4. The number of aromatic nitrogens is 3. The maximum absolute atomic E-state index is 13.8.